The van der Waals surface area contributed by atoms with Gasteiger partial charge in [-0.05, 0) is 47.9 Å². The summed E-state index contributed by atoms with van der Waals surface area (Å²) in [6.45, 7) is 2.37. The molecule has 1 amide bonds. The van der Waals surface area contributed by atoms with Crippen molar-refractivity contribution in [1.82, 2.24) is 20.3 Å². The van der Waals surface area contributed by atoms with Crippen LogP contribution in [0.15, 0.2) is 54.7 Å². The van der Waals surface area contributed by atoms with Crippen molar-refractivity contribution >= 4 is 6.09 Å². The molecule has 7 nitrogen and oxygen atoms in total. The Bertz CT molecular complexity index is 1040. The zero-order chi connectivity index (χ0) is 21.4. The molecule has 3 aromatic rings. The van der Waals surface area contributed by atoms with E-state index in [2.05, 4.69) is 39.9 Å². The third-order valence-corrected chi connectivity index (χ3v) is 6.49. The standard InChI is InChI=1S/C24H26N4O3/c1-15(23-12-28(27-26-23)17-10-16(11-17)13-29)25-24(30)31-14-22-20-8-4-2-6-18(20)19-7-3-5-9-21(19)22/h2-9,12,15-17,22,29H,10-11,13-14H2,1H3,(H,25,30). The molecule has 7 heteroatoms. The lowest BCUT2D eigenvalue weighted by Crippen LogP contribution is -2.30. The van der Waals surface area contributed by atoms with Crippen LogP contribution in [-0.2, 0) is 4.74 Å². The second-order valence-electron chi connectivity index (χ2n) is 8.49. The number of benzene rings is 2. The Hall–Kier alpha value is -3.19. The summed E-state index contributed by atoms with van der Waals surface area (Å²) in [5.74, 6) is 0.390. The molecule has 1 fully saturated rings. The SMILES string of the molecule is CC(NC(=O)OCC1c2ccccc2-c2ccccc21)c1cn(C2CC(CO)C2)nn1. The van der Waals surface area contributed by atoms with Crippen molar-refractivity contribution < 1.29 is 14.6 Å². The average molecular weight is 418 g/mol. The molecule has 1 aromatic heterocycles. The van der Waals surface area contributed by atoms with E-state index in [0.717, 1.165) is 12.8 Å². The summed E-state index contributed by atoms with van der Waals surface area (Å²) in [5.41, 5.74) is 5.48. The van der Waals surface area contributed by atoms with Gasteiger partial charge in [-0.2, -0.15) is 0 Å². The third-order valence-electron chi connectivity index (χ3n) is 6.49. The van der Waals surface area contributed by atoms with Crippen LogP contribution in [0.4, 0.5) is 4.79 Å². The van der Waals surface area contributed by atoms with Gasteiger partial charge in [-0.1, -0.05) is 53.7 Å². The predicted octanol–water partition coefficient (Wildman–Crippen LogP) is 3.82. The van der Waals surface area contributed by atoms with Gasteiger partial charge in [0.1, 0.15) is 12.3 Å². The number of amides is 1. The van der Waals surface area contributed by atoms with Crippen LogP contribution in [0.5, 0.6) is 0 Å². The Balaban J connectivity index is 1.20. The number of aromatic nitrogens is 3. The van der Waals surface area contributed by atoms with Gasteiger partial charge in [0, 0.05) is 12.5 Å². The van der Waals surface area contributed by atoms with E-state index >= 15 is 0 Å². The molecule has 1 saturated carbocycles. The molecular weight excluding hydrogens is 392 g/mol. The van der Waals surface area contributed by atoms with Gasteiger partial charge in [-0.15, -0.1) is 5.10 Å². The lowest BCUT2D eigenvalue weighted by atomic mass is 9.81. The molecule has 2 N–H and O–H groups in total. The zero-order valence-electron chi connectivity index (χ0n) is 17.4. The van der Waals surface area contributed by atoms with E-state index in [9.17, 15) is 9.90 Å². The molecule has 1 heterocycles. The first-order chi connectivity index (χ1) is 15.1. The van der Waals surface area contributed by atoms with Crippen molar-refractivity contribution in [3.63, 3.8) is 0 Å². The van der Waals surface area contributed by atoms with Gasteiger partial charge >= 0.3 is 6.09 Å². The Morgan fingerprint density at radius 3 is 2.45 bits per heavy atom. The minimum absolute atomic E-state index is 0.0346. The van der Waals surface area contributed by atoms with Crippen molar-refractivity contribution in [1.29, 1.82) is 0 Å². The maximum atomic E-state index is 12.5. The molecule has 1 atom stereocenters. The zero-order valence-corrected chi connectivity index (χ0v) is 17.4. The summed E-state index contributed by atoms with van der Waals surface area (Å²) >= 11 is 0. The van der Waals surface area contributed by atoms with Crippen molar-refractivity contribution in [3.8, 4) is 11.1 Å². The first-order valence-corrected chi connectivity index (χ1v) is 10.8. The molecule has 1 unspecified atom stereocenters. The van der Waals surface area contributed by atoms with Gasteiger partial charge in [0.2, 0.25) is 0 Å². The Morgan fingerprint density at radius 1 is 1.16 bits per heavy atom. The van der Waals surface area contributed by atoms with Crippen LogP contribution in [0.2, 0.25) is 0 Å². The number of aliphatic hydroxyl groups excluding tert-OH is 1. The number of hydrogen-bond acceptors (Lipinski definition) is 5. The summed E-state index contributed by atoms with van der Waals surface area (Å²) in [7, 11) is 0. The highest BCUT2D eigenvalue weighted by molar-refractivity contribution is 5.79. The van der Waals surface area contributed by atoms with Crippen molar-refractivity contribution in [2.75, 3.05) is 13.2 Å². The number of alkyl carbamates (subject to hydrolysis) is 1. The second-order valence-corrected chi connectivity index (χ2v) is 8.49. The van der Waals surface area contributed by atoms with E-state index in [1.807, 2.05) is 42.1 Å². The van der Waals surface area contributed by atoms with E-state index in [-0.39, 0.29) is 31.2 Å². The van der Waals surface area contributed by atoms with Crippen LogP contribution < -0.4 is 5.32 Å². The maximum Gasteiger partial charge on any atom is 0.407 e. The molecule has 2 aromatic carbocycles. The molecule has 0 saturated heterocycles. The fourth-order valence-electron chi connectivity index (χ4n) is 4.62. The maximum absolute atomic E-state index is 12.5. The molecular formula is C24H26N4O3. The summed E-state index contributed by atoms with van der Waals surface area (Å²) < 4.78 is 7.44. The van der Waals surface area contributed by atoms with Crippen LogP contribution in [-0.4, -0.2) is 39.4 Å². The molecule has 160 valence electrons. The number of hydrogen-bond donors (Lipinski definition) is 2. The molecule has 5 rings (SSSR count). The fourth-order valence-corrected chi connectivity index (χ4v) is 4.62. The normalized spacial score (nSPS) is 20.5. The van der Waals surface area contributed by atoms with Gasteiger partial charge in [0.25, 0.3) is 0 Å². The highest BCUT2D eigenvalue weighted by Gasteiger charge is 2.31. The Kier molecular flexibility index (Phi) is 5.19. The Labute approximate surface area is 181 Å². The van der Waals surface area contributed by atoms with E-state index < -0.39 is 6.09 Å². The molecule has 0 radical (unpaired) electrons. The minimum atomic E-state index is -0.465. The molecule has 0 bridgehead atoms. The topological polar surface area (TPSA) is 89.3 Å². The average Bonchev–Trinajstić information content (AvgIpc) is 3.35. The largest absolute Gasteiger partial charge is 0.449 e. The minimum Gasteiger partial charge on any atom is -0.449 e. The number of nitrogens with one attached hydrogen (secondary N) is 1. The number of carbonyl (C=O) groups excluding carboxylic acids is 1. The van der Waals surface area contributed by atoms with E-state index in [4.69, 9.17) is 4.74 Å². The van der Waals surface area contributed by atoms with Gasteiger partial charge in [-0.25, -0.2) is 9.48 Å². The number of nitrogens with zero attached hydrogens (tertiary/aromatic N) is 3. The quantitative estimate of drug-likeness (QED) is 0.635. The first-order valence-electron chi connectivity index (χ1n) is 10.8. The van der Waals surface area contributed by atoms with Crippen LogP contribution in [0, 0.1) is 5.92 Å². The van der Waals surface area contributed by atoms with Crippen molar-refractivity contribution in [3.05, 3.63) is 71.5 Å². The van der Waals surface area contributed by atoms with E-state index in [1.165, 1.54) is 22.3 Å². The van der Waals surface area contributed by atoms with Gasteiger partial charge in [-0.3, -0.25) is 0 Å². The summed E-state index contributed by atoms with van der Waals surface area (Å²) in [5, 5.41) is 20.4. The smallest absolute Gasteiger partial charge is 0.407 e. The monoisotopic (exact) mass is 418 g/mol. The van der Waals surface area contributed by atoms with Crippen LogP contribution in [0.3, 0.4) is 0 Å². The first kappa shape index (κ1) is 19.8. The number of fused-ring (bicyclic) bond motifs is 3. The molecule has 0 spiro atoms. The van der Waals surface area contributed by atoms with Crippen molar-refractivity contribution in [2.24, 2.45) is 5.92 Å². The van der Waals surface area contributed by atoms with Crippen molar-refractivity contribution in [2.45, 2.75) is 37.8 Å². The Morgan fingerprint density at radius 2 is 1.81 bits per heavy atom. The van der Waals surface area contributed by atoms with Crippen LogP contribution in [0.1, 0.15) is 54.6 Å². The third kappa shape index (κ3) is 3.70. The molecule has 2 aliphatic carbocycles. The second kappa shape index (κ2) is 8.15. The summed E-state index contributed by atoms with van der Waals surface area (Å²) in [6, 6.07) is 16.5. The molecule has 31 heavy (non-hydrogen) atoms. The van der Waals surface area contributed by atoms with Gasteiger partial charge in [0.05, 0.1) is 18.3 Å². The van der Waals surface area contributed by atoms with Gasteiger partial charge < -0.3 is 15.2 Å². The van der Waals surface area contributed by atoms with E-state index in [0.29, 0.717) is 11.6 Å². The lowest BCUT2D eigenvalue weighted by Gasteiger charge is -2.33. The number of ether oxygens (including phenoxy) is 1. The molecule has 2 aliphatic rings. The summed E-state index contributed by atoms with van der Waals surface area (Å²) in [4.78, 5) is 12.5. The summed E-state index contributed by atoms with van der Waals surface area (Å²) in [6.07, 6.45) is 3.22. The van der Waals surface area contributed by atoms with Crippen LogP contribution in [0.25, 0.3) is 11.1 Å². The molecule has 0 aliphatic heterocycles. The fraction of sp³-hybridized carbons (Fsp3) is 0.375. The van der Waals surface area contributed by atoms with Gasteiger partial charge in [0.15, 0.2) is 0 Å². The van der Waals surface area contributed by atoms with Crippen LogP contribution >= 0.6 is 0 Å². The number of rotatable bonds is 6. The number of aliphatic hydroxyl groups is 1. The van der Waals surface area contributed by atoms with E-state index in [1.54, 1.807) is 0 Å². The highest BCUT2D eigenvalue weighted by atomic mass is 16.5. The lowest BCUT2D eigenvalue weighted by molar-refractivity contribution is 0.104. The number of carbonyl (C=O) groups is 1. The predicted molar refractivity (Wildman–Crippen MR) is 115 cm³/mol. The highest BCUT2D eigenvalue weighted by Crippen LogP contribution is 2.44.